The van der Waals surface area contributed by atoms with Crippen molar-refractivity contribution in [3.05, 3.63) is 69.2 Å². The van der Waals surface area contributed by atoms with Gasteiger partial charge in [-0.05, 0) is 42.5 Å². The average Bonchev–Trinajstić information content (AvgIpc) is 3.26. The maximum Gasteiger partial charge on any atom is 0.139 e. The maximum atomic E-state index is 10.5. The van der Waals surface area contributed by atoms with Crippen molar-refractivity contribution in [3.63, 3.8) is 0 Å². The Morgan fingerprint density at radius 1 is 1.22 bits per heavy atom. The highest BCUT2D eigenvalue weighted by Crippen LogP contribution is 2.35. The first kappa shape index (κ1) is 17.8. The van der Waals surface area contributed by atoms with Crippen LogP contribution in [0, 0.1) is 5.41 Å². The van der Waals surface area contributed by atoms with Crippen LogP contribution in [0.4, 0.5) is 5.69 Å². The minimum absolute atomic E-state index is 0.163. The van der Waals surface area contributed by atoms with Gasteiger partial charge in [-0.2, -0.15) is 0 Å². The van der Waals surface area contributed by atoms with Gasteiger partial charge in [-0.1, -0.05) is 22.0 Å². The van der Waals surface area contributed by atoms with E-state index in [2.05, 4.69) is 20.9 Å². The number of rotatable bonds is 4. The van der Waals surface area contributed by atoms with E-state index in [-0.39, 0.29) is 18.1 Å². The molecule has 0 saturated heterocycles. The molecule has 1 aromatic heterocycles. The summed E-state index contributed by atoms with van der Waals surface area (Å²) in [6, 6.07) is 15.3. The Morgan fingerprint density at radius 3 is 2.70 bits per heavy atom. The second-order valence-electron chi connectivity index (χ2n) is 6.00. The number of nitrogens with zero attached hydrogens (tertiary/aromatic N) is 2. The van der Waals surface area contributed by atoms with Gasteiger partial charge in [-0.25, -0.2) is 4.98 Å². The summed E-state index contributed by atoms with van der Waals surface area (Å²) in [5.74, 6) is 1.20. The van der Waals surface area contributed by atoms with Crippen molar-refractivity contribution < 1.29 is 9.84 Å². The molecule has 2 N–H and O–H groups in total. The lowest BCUT2D eigenvalue weighted by molar-refractivity contribution is 0.411. The summed E-state index contributed by atoms with van der Waals surface area (Å²) >= 11 is 4.87. The summed E-state index contributed by atoms with van der Waals surface area (Å²) in [4.78, 5) is 6.42. The third-order valence-electron chi connectivity index (χ3n) is 4.33. The number of benzene rings is 2. The van der Waals surface area contributed by atoms with Gasteiger partial charge in [0.25, 0.3) is 0 Å². The molecular formula is C20H16BrN3O2S. The van der Waals surface area contributed by atoms with Crippen LogP contribution in [0.25, 0.3) is 16.8 Å². The van der Waals surface area contributed by atoms with Gasteiger partial charge in [0.15, 0.2) is 0 Å². The smallest absolute Gasteiger partial charge is 0.139 e. The molecule has 0 aliphatic carbocycles. The van der Waals surface area contributed by atoms with E-state index >= 15 is 0 Å². The molecule has 0 unspecified atom stereocenters. The minimum Gasteiger partial charge on any atom is -0.510 e. The van der Waals surface area contributed by atoms with Crippen molar-refractivity contribution in [2.45, 2.75) is 0 Å². The van der Waals surface area contributed by atoms with Gasteiger partial charge in [0.1, 0.15) is 22.4 Å². The van der Waals surface area contributed by atoms with Crippen molar-refractivity contribution in [2.75, 3.05) is 18.6 Å². The lowest BCUT2D eigenvalue weighted by atomic mass is 10.1. The molecule has 7 heteroatoms. The van der Waals surface area contributed by atoms with Crippen LogP contribution in [0.1, 0.15) is 5.01 Å². The van der Waals surface area contributed by atoms with Crippen molar-refractivity contribution in [2.24, 2.45) is 0 Å². The Bertz CT molecular complexity index is 1040. The molecule has 4 rings (SSSR count). The zero-order valence-corrected chi connectivity index (χ0v) is 16.8. The van der Waals surface area contributed by atoms with Gasteiger partial charge in [-0.3, -0.25) is 5.41 Å². The van der Waals surface area contributed by atoms with E-state index in [9.17, 15) is 5.11 Å². The van der Waals surface area contributed by atoms with Crippen LogP contribution in [0.5, 0.6) is 5.75 Å². The monoisotopic (exact) mass is 441 g/mol. The first-order valence-corrected chi connectivity index (χ1v) is 9.88. The van der Waals surface area contributed by atoms with Gasteiger partial charge in [0.2, 0.25) is 0 Å². The molecule has 1 aliphatic heterocycles. The molecule has 0 radical (unpaired) electrons. The number of anilines is 1. The summed E-state index contributed by atoms with van der Waals surface area (Å²) in [5.41, 5.74) is 3.11. The van der Waals surface area contributed by atoms with Gasteiger partial charge >= 0.3 is 0 Å². The van der Waals surface area contributed by atoms with Crippen molar-refractivity contribution in [1.82, 2.24) is 4.98 Å². The summed E-state index contributed by atoms with van der Waals surface area (Å²) in [6.07, 6.45) is 0. The van der Waals surface area contributed by atoms with Crippen molar-refractivity contribution in [1.29, 1.82) is 5.41 Å². The fourth-order valence-corrected chi connectivity index (χ4v) is 4.23. The molecule has 0 saturated carbocycles. The molecule has 5 nitrogen and oxygen atoms in total. The van der Waals surface area contributed by atoms with Gasteiger partial charge in [0, 0.05) is 21.1 Å². The topological polar surface area (TPSA) is 69.4 Å². The van der Waals surface area contributed by atoms with E-state index in [0.717, 1.165) is 27.2 Å². The first-order chi connectivity index (χ1) is 13.1. The standard InChI is InChI=1S/C20H16BrN3O2S/c1-26-15-7-5-12(6-8-15)16-11-27-20(23-16)18-17(25)10-24(19(18)22)14-4-2-3-13(21)9-14/h2-9,11,22,25H,10H2,1H3. The molecular weight excluding hydrogens is 426 g/mol. The van der Waals surface area contributed by atoms with Crippen LogP contribution in [-0.4, -0.2) is 29.6 Å². The van der Waals surface area contributed by atoms with Crippen molar-refractivity contribution >= 4 is 44.4 Å². The zero-order chi connectivity index (χ0) is 19.0. The molecule has 1 aliphatic rings. The molecule has 136 valence electrons. The molecule has 0 bridgehead atoms. The number of nitrogens with one attached hydrogen (secondary N) is 1. The Labute approximate surface area is 169 Å². The lowest BCUT2D eigenvalue weighted by Gasteiger charge is -2.18. The largest absolute Gasteiger partial charge is 0.510 e. The van der Waals surface area contributed by atoms with Crippen LogP contribution in [0.3, 0.4) is 0 Å². The summed E-state index contributed by atoms with van der Waals surface area (Å²) in [7, 11) is 1.63. The SMILES string of the molecule is COc1ccc(-c2csc(C3=C(O)CN(c4cccc(Br)c4)C3=N)n2)cc1. The number of amidine groups is 1. The molecule has 0 atom stereocenters. The predicted octanol–water partition coefficient (Wildman–Crippen LogP) is 5.35. The number of hydrogen-bond acceptors (Lipinski definition) is 5. The Balaban J connectivity index is 1.62. The fraction of sp³-hybridized carbons (Fsp3) is 0.100. The van der Waals surface area contributed by atoms with E-state index in [1.165, 1.54) is 11.3 Å². The third-order valence-corrected chi connectivity index (χ3v) is 5.68. The third kappa shape index (κ3) is 3.36. The molecule has 0 fully saturated rings. The highest BCUT2D eigenvalue weighted by molar-refractivity contribution is 9.10. The average molecular weight is 442 g/mol. The summed E-state index contributed by atoms with van der Waals surface area (Å²) in [5, 5.41) is 21.6. The molecule has 0 amide bonds. The summed E-state index contributed by atoms with van der Waals surface area (Å²) < 4.78 is 6.11. The first-order valence-electron chi connectivity index (χ1n) is 8.21. The van der Waals surface area contributed by atoms with Gasteiger partial charge < -0.3 is 14.7 Å². The quantitative estimate of drug-likeness (QED) is 0.572. The molecule has 2 heterocycles. The van der Waals surface area contributed by atoms with Gasteiger partial charge in [0.05, 0.1) is 24.9 Å². The Hall–Kier alpha value is -2.64. The van der Waals surface area contributed by atoms with E-state index in [4.69, 9.17) is 10.1 Å². The van der Waals surface area contributed by atoms with Crippen LogP contribution in [0.15, 0.2) is 64.1 Å². The van der Waals surface area contributed by atoms with Gasteiger partial charge in [-0.15, -0.1) is 11.3 Å². The van der Waals surface area contributed by atoms with Crippen LogP contribution < -0.4 is 9.64 Å². The second-order valence-corrected chi connectivity index (χ2v) is 7.78. The second kappa shape index (κ2) is 7.17. The number of aliphatic hydroxyl groups is 1. The number of thiazole rings is 1. The highest BCUT2D eigenvalue weighted by Gasteiger charge is 2.31. The van der Waals surface area contributed by atoms with E-state index in [1.807, 2.05) is 53.9 Å². The number of ether oxygens (including phenoxy) is 1. The molecule has 2 aromatic carbocycles. The lowest BCUT2D eigenvalue weighted by Crippen LogP contribution is -2.25. The fourth-order valence-electron chi connectivity index (χ4n) is 2.95. The number of aromatic nitrogens is 1. The van der Waals surface area contributed by atoms with Crippen molar-refractivity contribution in [3.8, 4) is 17.0 Å². The van der Waals surface area contributed by atoms with Crippen LogP contribution in [0.2, 0.25) is 0 Å². The van der Waals surface area contributed by atoms with Crippen LogP contribution in [-0.2, 0) is 0 Å². The minimum atomic E-state index is 0.163. The predicted molar refractivity (Wildman–Crippen MR) is 113 cm³/mol. The molecule has 0 spiro atoms. The maximum absolute atomic E-state index is 10.5. The number of halogens is 1. The Kier molecular flexibility index (Phi) is 4.72. The van der Waals surface area contributed by atoms with E-state index in [1.54, 1.807) is 12.0 Å². The normalized spacial score (nSPS) is 14.1. The highest BCUT2D eigenvalue weighted by atomic mass is 79.9. The number of aliphatic hydroxyl groups excluding tert-OH is 1. The number of methoxy groups -OCH3 is 1. The Morgan fingerprint density at radius 2 is 2.00 bits per heavy atom. The number of hydrogen-bond donors (Lipinski definition) is 2. The zero-order valence-electron chi connectivity index (χ0n) is 14.4. The van der Waals surface area contributed by atoms with E-state index in [0.29, 0.717) is 10.6 Å². The molecule has 27 heavy (non-hydrogen) atoms. The van der Waals surface area contributed by atoms with E-state index < -0.39 is 0 Å². The summed E-state index contributed by atoms with van der Waals surface area (Å²) in [6.45, 7) is 0.266. The molecule has 3 aromatic rings. The van der Waals surface area contributed by atoms with Crippen LogP contribution >= 0.6 is 27.3 Å².